The van der Waals surface area contributed by atoms with Gasteiger partial charge in [0.25, 0.3) is 11.8 Å². The van der Waals surface area contributed by atoms with E-state index in [9.17, 15) is 9.59 Å². The number of carbonyl (C=O) groups is 2. The smallest absolute Gasteiger partial charge is 0.294 e. The van der Waals surface area contributed by atoms with Crippen LogP contribution in [0.3, 0.4) is 0 Å². The van der Waals surface area contributed by atoms with Crippen LogP contribution < -0.4 is 26.4 Å². The summed E-state index contributed by atoms with van der Waals surface area (Å²) in [4.78, 5) is 24.0. The average Bonchev–Trinajstić information content (AvgIpc) is 3.53. The number of aromatic nitrogens is 5. The minimum absolute atomic E-state index is 0.0267. The van der Waals surface area contributed by atoms with Crippen molar-refractivity contribution in [2.24, 2.45) is 10.8 Å². The van der Waals surface area contributed by atoms with E-state index in [1.807, 2.05) is 6.92 Å². The quantitative estimate of drug-likeness (QED) is 0.208. The van der Waals surface area contributed by atoms with Crippen molar-refractivity contribution in [2.45, 2.75) is 13.8 Å². The van der Waals surface area contributed by atoms with Gasteiger partial charge in [0.05, 0.1) is 12.3 Å². The molecule has 190 valence electrons. The van der Waals surface area contributed by atoms with Crippen LogP contribution >= 0.6 is 0 Å². The molecular formula is C23H23N9O5. The van der Waals surface area contributed by atoms with E-state index in [0.29, 0.717) is 40.6 Å². The Labute approximate surface area is 210 Å². The van der Waals surface area contributed by atoms with Crippen LogP contribution in [-0.4, -0.2) is 56.0 Å². The maximum Gasteiger partial charge on any atom is 0.294 e. The third-order valence-electron chi connectivity index (χ3n) is 5.00. The van der Waals surface area contributed by atoms with E-state index in [4.69, 9.17) is 20.9 Å². The van der Waals surface area contributed by atoms with E-state index in [0.717, 1.165) is 0 Å². The van der Waals surface area contributed by atoms with Gasteiger partial charge >= 0.3 is 0 Å². The molecule has 0 fully saturated rings. The Morgan fingerprint density at radius 2 is 1.73 bits per heavy atom. The van der Waals surface area contributed by atoms with Crippen molar-refractivity contribution in [1.82, 2.24) is 30.7 Å². The van der Waals surface area contributed by atoms with E-state index >= 15 is 0 Å². The highest BCUT2D eigenvalue weighted by Crippen LogP contribution is 2.28. The van der Waals surface area contributed by atoms with Gasteiger partial charge in [-0.2, -0.15) is 9.78 Å². The van der Waals surface area contributed by atoms with Crippen molar-refractivity contribution >= 4 is 23.3 Å². The number of hydrazone groups is 1. The molecule has 0 unspecified atom stereocenters. The molecule has 2 heterocycles. The molecular weight excluding hydrogens is 482 g/mol. The molecule has 5 N–H and O–H groups in total. The van der Waals surface area contributed by atoms with Crippen molar-refractivity contribution in [1.29, 1.82) is 0 Å². The van der Waals surface area contributed by atoms with Gasteiger partial charge in [0.2, 0.25) is 11.6 Å². The molecule has 14 heteroatoms. The van der Waals surface area contributed by atoms with Crippen LogP contribution in [0.1, 0.15) is 29.9 Å². The number of hydrogen-bond donors (Lipinski definition) is 3. The lowest BCUT2D eigenvalue weighted by molar-refractivity contribution is -0.119. The van der Waals surface area contributed by atoms with Crippen molar-refractivity contribution in [3.8, 4) is 28.6 Å². The molecule has 2 aromatic heterocycles. The van der Waals surface area contributed by atoms with Gasteiger partial charge in [0, 0.05) is 5.56 Å². The summed E-state index contributed by atoms with van der Waals surface area (Å²) >= 11 is 0. The first-order chi connectivity index (χ1) is 17.9. The lowest BCUT2D eigenvalue weighted by Crippen LogP contribution is -2.21. The molecule has 2 aromatic carbocycles. The van der Waals surface area contributed by atoms with Gasteiger partial charge in [-0.3, -0.25) is 9.59 Å². The number of nitrogens with zero attached hydrogens (tertiary/aromatic N) is 6. The molecule has 4 aromatic rings. The second-order valence-corrected chi connectivity index (χ2v) is 7.55. The van der Waals surface area contributed by atoms with Crippen molar-refractivity contribution in [3.63, 3.8) is 0 Å². The molecule has 0 saturated carbocycles. The predicted octanol–water partition coefficient (Wildman–Crippen LogP) is 1.32. The Hall–Kier alpha value is -5.27. The number of ether oxygens (including phenoxy) is 2. The zero-order valence-electron chi connectivity index (χ0n) is 19.9. The fourth-order valence-corrected chi connectivity index (χ4v) is 3.25. The first-order valence-electron chi connectivity index (χ1n) is 11.0. The number of amides is 2. The van der Waals surface area contributed by atoms with Crippen molar-refractivity contribution < 1.29 is 23.7 Å². The van der Waals surface area contributed by atoms with Gasteiger partial charge < -0.3 is 20.9 Å². The molecule has 0 aliphatic rings. The number of hydrogen-bond acceptors (Lipinski definition) is 11. The van der Waals surface area contributed by atoms with Crippen LogP contribution in [0.2, 0.25) is 0 Å². The number of carbonyl (C=O) groups excluding carboxylic acids is 2. The summed E-state index contributed by atoms with van der Waals surface area (Å²) in [6.45, 7) is 3.87. The molecule has 0 aliphatic heterocycles. The van der Waals surface area contributed by atoms with E-state index in [1.165, 1.54) is 4.68 Å². The van der Waals surface area contributed by atoms with Crippen LogP contribution in [0.5, 0.6) is 11.5 Å². The average molecular weight is 505 g/mol. The summed E-state index contributed by atoms with van der Waals surface area (Å²) < 4.78 is 16.7. The van der Waals surface area contributed by atoms with Crippen LogP contribution in [0.15, 0.2) is 58.3 Å². The number of primary amides is 1. The van der Waals surface area contributed by atoms with Gasteiger partial charge in [-0.1, -0.05) is 5.21 Å². The Bertz CT molecular complexity index is 1430. The number of rotatable bonds is 10. The molecule has 2 amide bonds. The molecule has 0 aliphatic carbocycles. The normalized spacial score (nSPS) is 11.2. The van der Waals surface area contributed by atoms with E-state index < -0.39 is 11.8 Å². The summed E-state index contributed by atoms with van der Waals surface area (Å²) in [5.41, 5.74) is 15.5. The minimum Gasteiger partial charge on any atom is -0.494 e. The zero-order valence-corrected chi connectivity index (χ0v) is 19.9. The third kappa shape index (κ3) is 5.70. The van der Waals surface area contributed by atoms with Gasteiger partial charge in [-0.25, -0.2) is 10.1 Å². The molecule has 0 spiro atoms. The van der Waals surface area contributed by atoms with Crippen LogP contribution in [-0.2, 0) is 4.79 Å². The monoisotopic (exact) mass is 505 g/mol. The minimum atomic E-state index is -0.620. The number of nitrogens with one attached hydrogen (secondary N) is 1. The maximum absolute atomic E-state index is 13.1. The Morgan fingerprint density at radius 3 is 2.35 bits per heavy atom. The molecule has 0 bridgehead atoms. The van der Waals surface area contributed by atoms with Gasteiger partial charge in [-0.15, -0.1) is 5.10 Å². The standard InChI is InChI=1S/C23H23N9O5/c1-3-35-16-10-6-15(7-11-16)20-19(27-31-32(20)22-21(25)29-37-30-22)23(34)28-26-13(2)14-4-8-17(9-5-14)36-12-18(24)33/h4-11H,3,12H2,1-2H3,(H2,24,33)(H2,25,29)(H,28,34)/b26-13+. The number of anilines is 1. The highest BCUT2D eigenvalue weighted by atomic mass is 16.6. The third-order valence-corrected chi connectivity index (χ3v) is 5.00. The lowest BCUT2D eigenvalue weighted by atomic mass is 10.1. The van der Waals surface area contributed by atoms with Crippen LogP contribution in [0.4, 0.5) is 5.82 Å². The first-order valence-corrected chi connectivity index (χ1v) is 11.0. The second-order valence-electron chi connectivity index (χ2n) is 7.55. The topological polar surface area (TPSA) is 199 Å². The van der Waals surface area contributed by atoms with Crippen molar-refractivity contribution in [3.05, 3.63) is 59.8 Å². The fraction of sp³-hybridized carbons (Fsp3) is 0.174. The summed E-state index contributed by atoms with van der Waals surface area (Å²) in [5, 5.41) is 19.6. The summed E-state index contributed by atoms with van der Waals surface area (Å²) in [5.74, 6) is -0.0165. The molecule has 4 rings (SSSR count). The Kier molecular flexibility index (Phi) is 7.37. The molecule has 0 saturated heterocycles. The first kappa shape index (κ1) is 24.8. The maximum atomic E-state index is 13.1. The summed E-state index contributed by atoms with van der Waals surface area (Å²) in [6, 6.07) is 13.8. The molecule has 37 heavy (non-hydrogen) atoms. The van der Waals surface area contributed by atoms with Gasteiger partial charge in [-0.05, 0) is 78.3 Å². The number of benzene rings is 2. The number of nitrogens with two attached hydrogens (primary N) is 2. The predicted molar refractivity (Wildman–Crippen MR) is 131 cm³/mol. The number of nitrogen functional groups attached to an aromatic ring is 1. The van der Waals surface area contributed by atoms with E-state index in [-0.39, 0.29) is 23.9 Å². The SMILES string of the molecule is CCOc1ccc(-c2c(C(=O)N/N=C(\C)c3ccc(OCC(N)=O)cc3)nnn2-c2nonc2N)cc1. The zero-order chi connectivity index (χ0) is 26.4. The van der Waals surface area contributed by atoms with E-state index in [1.54, 1.807) is 55.5 Å². The van der Waals surface area contributed by atoms with Gasteiger partial charge in [0.15, 0.2) is 12.3 Å². The molecule has 14 nitrogen and oxygen atoms in total. The molecule has 0 atom stereocenters. The van der Waals surface area contributed by atoms with Crippen LogP contribution in [0, 0.1) is 0 Å². The highest BCUT2D eigenvalue weighted by Gasteiger charge is 2.25. The Balaban J connectivity index is 1.59. The second kappa shape index (κ2) is 11.0. The largest absolute Gasteiger partial charge is 0.494 e. The lowest BCUT2D eigenvalue weighted by Gasteiger charge is -2.08. The van der Waals surface area contributed by atoms with Crippen LogP contribution in [0.25, 0.3) is 17.1 Å². The van der Waals surface area contributed by atoms with E-state index in [2.05, 4.69) is 35.8 Å². The molecule has 0 radical (unpaired) electrons. The summed E-state index contributed by atoms with van der Waals surface area (Å²) in [7, 11) is 0. The fourth-order valence-electron chi connectivity index (χ4n) is 3.25. The van der Waals surface area contributed by atoms with Crippen molar-refractivity contribution in [2.75, 3.05) is 18.9 Å². The highest BCUT2D eigenvalue weighted by molar-refractivity contribution is 6.02. The summed E-state index contributed by atoms with van der Waals surface area (Å²) in [6.07, 6.45) is 0. The van der Waals surface area contributed by atoms with Gasteiger partial charge in [0.1, 0.15) is 17.2 Å². The Morgan fingerprint density at radius 1 is 1.05 bits per heavy atom.